The Morgan fingerprint density at radius 3 is 2.62 bits per heavy atom. The zero-order valence-electron chi connectivity index (χ0n) is 14.9. The fourth-order valence-electron chi connectivity index (χ4n) is 4.04. The molecule has 0 aliphatic carbocycles. The Labute approximate surface area is 153 Å². The first-order valence-electron chi connectivity index (χ1n) is 9.41. The van der Waals surface area contributed by atoms with Crippen LogP contribution in [0.4, 0.5) is 4.39 Å². The van der Waals surface area contributed by atoms with Gasteiger partial charge in [-0.3, -0.25) is 0 Å². The summed E-state index contributed by atoms with van der Waals surface area (Å²) in [5.41, 5.74) is 3.24. The molecule has 4 heteroatoms. The number of H-pyrrole nitrogens is 1. The summed E-state index contributed by atoms with van der Waals surface area (Å²) in [6.45, 7) is 2.99. The molecule has 2 heterocycles. The third kappa shape index (κ3) is 3.67. The van der Waals surface area contributed by atoms with Gasteiger partial charge in [0.15, 0.2) is 0 Å². The molecule has 3 aromatic rings. The van der Waals surface area contributed by atoms with Crippen LogP contribution >= 0.6 is 0 Å². The van der Waals surface area contributed by atoms with E-state index >= 15 is 0 Å². The normalized spacial score (nSPS) is 17.6. The minimum atomic E-state index is -0.420. The summed E-state index contributed by atoms with van der Waals surface area (Å²) in [5.74, 6) is 0.117. The smallest absolute Gasteiger partial charge is 0.123 e. The number of hydrogen-bond donors (Lipinski definition) is 2. The Morgan fingerprint density at radius 1 is 1.08 bits per heavy atom. The van der Waals surface area contributed by atoms with Crippen LogP contribution in [0.2, 0.25) is 0 Å². The molecule has 0 spiro atoms. The Bertz CT molecular complexity index is 850. The van der Waals surface area contributed by atoms with Crippen molar-refractivity contribution in [1.82, 2.24) is 9.88 Å². The highest BCUT2D eigenvalue weighted by molar-refractivity contribution is 5.82. The van der Waals surface area contributed by atoms with Crippen molar-refractivity contribution in [2.45, 2.75) is 25.4 Å². The van der Waals surface area contributed by atoms with Crippen molar-refractivity contribution in [3.05, 3.63) is 71.7 Å². The summed E-state index contributed by atoms with van der Waals surface area (Å²) in [4.78, 5) is 5.71. The lowest BCUT2D eigenvalue weighted by Gasteiger charge is -2.34. The van der Waals surface area contributed by atoms with Crippen LogP contribution in [-0.2, 0) is 6.42 Å². The third-order valence-corrected chi connectivity index (χ3v) is 5.65. The lowest BCUT2D eigenvalue weighted by molar-refractivity contribution is 0.0601. The first kappa shape index (κ1) is 17.3. The number of benzene rings is 2. The largest absolute Gasteiger partial charge is 0.388 e. The van der Waals surface area contributed by atoms with E-state index < -0.39 is 6.10 Å². The molecule has 0 bridgehead atoms. The zero-order chi connectivity index (χ0) is 17.9. The van der Waals surface area contributed by atoms with E-state index in [9.17, 15) is 9.50 Å². The molecule has 0 radical (unpaired) electrons. The number of aliphatic hydroxyl groups excluding tert-OH is 1. The molecule has 1 aliphatic rings. The van der Waals surface area contributed by atoms with Gasteiger partial charge < -0.3 is 15.0 Å². The molecular weight excluding hydrogens is 327 g/mol. The third-order valence-electron chi connectivity index (χ3n) is 5.65. The highest BCUT2D eigenvalue weighted by Gasteiger charge is 2.27. The predicted octanol–water partition coefficient (Wildman–Crippen LogP) is 4.30. The van der Waals surface area contributed by atoms with Crippen molar-refractivity contribution in [3.63, 3.8) is 0 Å². The van der Waals surface area contributed by atoms with E-state index in [-0.39, 0.29) is 5.82 Å². The molecule has 1 saturated heterocycles. The Morgan fingerprint density at radius 2 is 1.85 bits per heavy atom. The number of aromatic amines is 1. The summed E-state index contributed by atoms with van der Waals surface area (Å²) < 4.78 is 13.0. The van der Waals surface area contributed by atoms with Crippen LogP contribution in [-0.4, -0.2) is 34.6 Å². The van der Waals surface area contributed by atoms with Crippen molar-refractivity contribution >= 4 is 10.9 Å². The summed E-state index contributed by atoms with van der Waals surface area (Å²) in [6, 6.07) is 14.9. The molecule has 1 atom stereocenters. The van der Waals surface area contributed by atoms with Gasteiger partial charge >= 0.3 is 0 Å². The molecule has 1 aliphatic heterocycles. The van der Waals surface area contributed by atoms with Crippen LogP contribution in [0, 0.1) is 11.7 Å². The van der Waals surface area contributed by atoms with E-state index in [2.05, 4.69) is 16.0 Å². The monoisotopic (exact) mass is 352 g/mol. The lowest BCUT2D eigenvalue weighted by atomic mass is 9.86. The SMILES string of the molecule is OC(c1cccc2cc[nH]c12)C1CCN(CCc2ccc(F)cc2)CC1. The number of rotatable bonds is 5. The van der Waals surface area contributed by atoms with Gasteiger partial charge in [-0.05, 0) is 67.4 Å². The number of nitrogens with one attached hydrogen (secondary N) is 1. The van der Waals surface area contributed by atoms with Crippen molar-refractivity contribution < 1.29 is 9.50 Å². The molecule has 0 amide bonds. The molecule has 2 aromatic carbocycles. The number of piperidine rings is 1. The van der Waals surface area contributed by atoms with Gasteiger partial charge in [0, 0.05) is 18.3 Å². The summed E-state index contributed by atoms with van der Waals surface area (Å²) >= 11 is 0. The minimum absolute atomic E-state index is 0.180. The van der Waals surface area contributed by atoms with Crippen molar-refractivity contribution in [1.29, 1.82) is 0 Å². The van der Waals surface area contributed by atoms with Crippen LogP contribution in [0.15, 0.2) is 54.7 Å². The number of hydrogen-bond acceptors (Lipinski definition) is 2. The number of para-hydroxylation sites is 1. The van der Waals surface area contributed by atoms with E-state index in [0.717, 1.165) is 55.4 Å². The number of nitrogens with zero attached hydrogens (tertiary/aromatic N) is 1. The van der Waals surface area contributed by atoms with E-state index in [1.54, 1.807) is 0 Å². The van der Waals surface area contributed by atoms with Gasteiger partial charge in [-0.1, -0.05) is 30.3 Å². The number of aliphatic hydroxyl groups is 1. The topological polar surface area (TPSA) is 39.3 Å². The average molecular weight is 352 g/mol. The van der Waals surface area contributed by atoms with Gasteiger partial charge in [0.1, 0.15) is 5.82 Å². The van der Waals surface area contributed by atoms with E-state index in [1.165, 1.54) is 17.7 Å². The van der Waals surface area contributed by atoms with Crippen molar-refractivity contribution in [3.8, 4) is 0 Å². The molecule has 0 saturated carbocycles. The molecule has 1 unspecified atom stereocenters. The molecule has 136 valence electrons. The molecular formula is C22H25FN2O. The lowest BCUT2D eigenvalue weighted by Crippen LogP contribution is -2.36. The second-order valence-corrected chi connectivity index (χ2v) is 7.29. The molecule has 2 N–H and O–H groups in total. The number of fused-ring (bicyclic) bond motifs is 1. The molecule has 1 aromatic heterocycles. The first-order chi connectivity index (χ1) is 12.7. The van der Waals surface area contributed by atoms with Crippen molar-refractivity contribution in [2.75, 3.05) is 19.6 Å². The van der Waals surface area contributed by atoms with Crippen LogP contribution in [0.3, 0.4) is 0 Å². The second-order valence-electron chi connectivity index (χ2n) is 7.29. The number of halogens is 1. The van der Waals surface area contributed by atoms with Crippen LogP contribution in [0.25, 0.3) is 10.9 Å². The van der Waals surface area contributed by atoms with Gasteiger partial charge in [-0.25, -0.2) is 4.39 Å². The quantitative estimate of drug-likeness (QED) is 0.719. The highest BCUT2D eigenvalue weighted by atomic mass is 19.1. The Hall–Kier alpha value is -2.17. The van der Waals surface area contributed by atoms with E-state index in [1.807, 2.05) is 36.5 Å². The highest BCUT2D eigenvalue weighted by Crippen LogP contribution is 2.33. The summed E-state index contributed by atoms with van der Waals surface area (Å²) in [7, 11) is 0. The minimum Gasteiger partial charge on any atom is -0.388 e. The maximum Gasteiger partial charge on any atom is 0.123 e. The number of aromatic nitrogens is 1. The van der Waals surface area contributed by atoms with Gasteiger partial charge in [-0.15, -0.1) is 0 Å². The Balaban J connectivity index is 1.33. The maximum atomic E-state index is 13.0. The number of likely N-dealkylation sites (tertiary alicyclic amines) is 1. The standard InChI is InChI=1S/C22H25FN2O/c23-19-6-4-16(5-7-19)9-13-25-14-10-18(11-15-25)22(26)20-3-1-2-17-8-12-24-21(17)20/h1-8,12,18,22,24,26H,9-11,13-15H2. The maximum absolute atomic E-state index is 13.0. The van der Waals surface area contributed by atoms with Gasteiger partial charge in [0.2, 0.25) is 0 Å². The molecule has 3 nitrogen and oxygen atoms in total. The molecule has 4 rings (SSSR count). The van der Waals surface area contributed by atoms with Crippen LogP contribution in [0.1, 0.15) is 30.1 Å². The van der Waals surface area contributed by atoms with E-state index in [4.69, 9.17) is 0 Å². The predicted molar refractivity (Wildman–Crippen MR) is 103 cm³/mol. The van der Waals surface area contributed by atoms with Crippen LogP contribution in [0.5, 0.6) is 0 Å². The van der Waals surface area contributed by atoms with Crippen molar-refractivity contribution in [2.24, 2.45) is 5.92 Å². The van der Waals surface area contributed by atoms with E-state index in [0.29, 0.717) is 5.92 Å². The van der Waals surface area contributed by atoms with Crippen LogP contribution < -0.4 is 0 Å². The first-order valence-corrected chi connectivity index (χ1v) is 9.41. The molecule has 26 heavy (non-hydrogen) atoms. The Kier molecular flexibility index (Phi) is 5.05. The average Bonchev–Trinajstić information content (AvgIpc) is 3.16. The summed E-state index contributed by atoms with van der Waals surface area (Å²) in [5, 5.41) is 12.1. The van der Waals surface area contributed by atoms with Gasteiger partial charge in [0.05, 0.1) is 11.6 Å². The fourth-order valence-corrected chi connectivity index (χ4v) is 4.04. The fraction of sp³-hybridized carbons (Fsp3) is 0.364. The molecule has 1 fully saturated rings. The van der Waals surface area contributed by atoms with Gasteiger partial charge in [-0.2, -0.15) is 0 Å². The second kappa shape index (κ2) is 7.60. The summed E-state index contributed by atoms with van der Waals surface area (Å²) in [6.07, 6.45) is 4.45. The zero-order valence-corrected chi connectivity index (χ0v) is 14.9. The van der Waals surface area contributed by atoms with Gasteiger partial charge in [0.25, 0.3) is 0 Å².